The second-order valence-corrected chi connectivity index (χ2v) is 12.7. The molecular weight excluding hydrogens is 472 g/mol. The molecule has 172 valence electrons. The maximum Gasteiger partial charge on any atom is 0.340 e. The van der Waals surface area contributed by atoms with E-state index in [1.54, 1.807) is 0 Å². The Balaban J connectivity index is 1.93. The first-order chi connectivity index (χ1) is 13.8. The van der Waals surface area contributed by atoms with Gasteiger partial charge in [0.05, 0.1) is 6.54 Å². The zero-order valence-electron chi connectivity index (χ0n) is 17.7. The zero-order valence-corrected chi connectivity index (χ0v) is 21.5. The molecule has 0 spiro atoms. The molecule has 1 aliphatic rings. The van der Waals surface area contributed by atoms with Crippen LogP contribution in [0.5, 0.6) is 0 Å². The Kier molecular flexibility index (Phi) is 14.4. The first-order valence-corrected chi connectivity index (χ1v) is 13.9. The molecule has 0 bridgehead atoms. The minimum atomic E-state index is -2.06. The van der Waals surface area contributed by atoms with Gasteiger partial charge in [-0.1, -0.05) is 126 Å². The molecule has 8 heteroatoms. The first-order valence-electron chi connectivity index (χ1n) is 11.3. The van der Waals surface area contributed by atoms with Crippen LogP contribution in [-0.2, 0) is 16.2 Å². The molecule has 1 aliphatic heterocycles. The summed E-state index contributed by atoms with van der Waals surface area (Å²) in [7, 11) is 0. The van der Waals surface area contributed by atoms with E-state index in [4.69, 9.17) is 46.4 Å². The molecule has 0 aromatic rings. The van der Waals surface area contributed by atoms with Crippen molar-refractivity contribution < 1.29 is 9.35 Å². The van der Waals surface area contributed by atoms with Crippen LogP contribution >= 0.6 is 46.4 Å². The highest BCUT2D eigenvalue weighted by molar-refractivity contribution is 7.95. The maximum atomic E-state index is 12.2. The third-order valence-corrected chi connectivity index (χ3v) is 9.85. The van der Waals surface area contributed by atoms with Gasteiger partial charge in [-0.3, -0.25) is 4.79 Å². The molecule has 0 N–H and O–H groups in total. The molecule has 1 heterocycles. The lowest BCUT2D eigenvalue weighted by Crippen LogP contribution is -2.38. The number of hydrogen-bond donors (Lipinski definition) is 0. The van der Waals surface area contributed by atoms with E-state index in [0.717, 1.165) is 23.6 Å². The lowest BCUT2D eigenvalue weighted by Gasteiger charge is -2.21. The third-order valence-electron chi connectivity index (χ3n) is 5.49. The highest BCUT2D eigenvalue weighted by Crippen LogP contribution is 2.54. The molecule has 1 atom stereocenters. The fourth-order valence-corrected chi connectivity index (χ4v) is 6.12. The van der Waals surface area contributed by atoms with Gasteiger partial charge in [-0.2, -0.15) is 4.31 Å². The number of nitrogens with zero attached hydrogens (tertiary/aromatic N) is 1. The predicted octanol–water partition coefficient (Wildman–Crippen LogP) is 8.06. The van der Waals surface area contributed by atoms with Crippen LogP contribution in [0.4, 0.5) is 0 Å². The van der Waals surface area contributed by atoms with Gasteiger partial charge in [0, 0.05) is 0 Å². The van der Waals surface area contributed by atoms with E-state index >= 15 is 0 Å². The lowest BCUT2D eigenvalue weighted by molar-refractivity contribution is -0.125. The minimum Gasteiger partial charge on any atom is -0.590 e. The van der Waals surface area contributed by atoms with Crippen LogP contribution in [0.2, 0.25) is 0 Å². The molecule has 0 aromatic heterocycles. The van der Waals surface area contributed by atoms with Crippen molar-refractivity contribution in [1.82, 2.24) is 4.31 Å². The molecule has 1 unspecified atom stereocenters. The summed E-state index contributed by atoms with van der Waals surface area (Å²) in [4.78, 5) is 12.1. The van der Waals surface area contributed by atoms with Crippen LogP contribution in [0.1, 0.15) is 110 Å². The number of carbonyl (C=O) groups excluding carboxylic acids is 1. The number of amides is 1. The van der Waals surface area contributed by atoms with E-state index in [9.17, 15) is 9.35 Å². The van der Waals surface area contributed by atoms with Gasteiger partial charge in [0.25, 0.3) is 4.33 Å². The van der Waals surface area contributed by atoms with Crippen LogP contribution in [-0.4, -0.2) is 29.3 Å². The van der Waals surface area contributed by atoms with Crippen molar-refractivity contribution in [3.05, 3.63) is 0 Å². The van der Waals surface area contributed by atoms with E-state index in [1.807, 2.05) is 0 Å². The summed E-state index contributed by atoms with van der Waals surface area (Å²) >= 11 is 21.7. The van der Waals surface area contributed by atoms with Crippen molar-refractivity contribution in [1.29, 1.82) is 0 Å². The Bertz CT molecular complexity index is 466. The van der Waals surface area contributed by atoms with E-state index in [1.165, 1.54) is 83.5 Å². The Morgan fingerprint density at radius 1 is 0.724 bits per heavy atom. The largest absolute Gasteiger partial charge is 0.590 e. The fourth-order valence-electron chi connectivity index (χ4n) is 3.59. The van der Waals surface area contributed by atoms with Crippen molar-refractivity contribution in [2.45, 2.75) is 118 Å². The van der Waals surface area contributed by atoms with Crippen molar-refractivity contribution >= 4 is 63.7 Å². The summed E-state index contributed by atoms with van der Waals surface area (Å²) in [6, 6.07) is 0. The Hall–Kier alpha value is 0.940. The van der Waals surface area contributed by atoms with Crippen molar-refractivity contribution in [3.63, 3.8) is 0 Å². The average Bonchev–Trinajstić information content (AvgIpc) is 2.79. The SMILES string of the molecule is CCCCCCCCCCCCCCCCCCN1C(=O)C(Cl)(Cl)C(Cl)(Cl)[S+]1[O-]. The number of rotatable bonds is 17. The maximum absolute atomic E-state index is 12.2. The number of alkyl halides is 4. The molecule has 3 nitrogen and oxygen atoms in total. The number of unbranched alkanes of at least 4 members (excludes halogenated alkanes) is 15. The quantitative estimate of drug-likeness (QED) is 0.113. The van der Waals surface area contributed by atoms with E-state index < -0.39 is 25.3 Å². The second-order valence-electron chi connectivity index (χ2n) is 8.05. The number of carbonyl (C=O) groups is 1. The van der Waals surface area contributed by atoms with Crippen LogP contribution < -0.4 is 0 Å². The molecule has 0 radical (unpaired) electrons. The molecule has 1 amide bonds. The molecule has 0 aliphatic carbocycles. The molecule has 1 fully saturated rings. The highest BCUT2D eigenvalue weighted by atomic mass is 35.5. The van der Waals surface area contributed by atoms with Gasteiger partial charge in [-0.05, 0) is 29.6 Å². The van der Waals surface area contributed by atoms with Crippen LogP contribution in [0.25, 0.3) is 0 Å². The number of hydrogen-bond acceptors (Lipinski definition) is 2. The van der Waals surface area contributed by atoms with Gasteiger partial charge in [0.2, 0.25) is 0 Å². The van der Waals surface area contributed by atoms with E-state index in [-0.39, 0.29) is 0 Å². The molecule has 1 rings (SSSR count). The van der Waals surface area contributed by atoms with Crippen molar-refractivity contribution in [3.8, 4) is 0 Å². The molecule has 1 saturated heterocycles. The fraction of sp³-hybridized carbons (Fsp3) is 0.952. The molecule has 0 aromatic carbocycles. The predicted molar refractivity (Wildman–Crippen MR) is 128 cm³/mol. The van der Waals surface area contributed by atoms with Gasteiger partial charge in [-0.25, -0.2) is 0 Å². The first kappa shape index (κ1) is 28.0. The van der Waals surface area contributed by atoms with Gasteiger partial charge >= 0.3 is 9.57 Å². The van der Waals surface area contributed by atoms with Crippen LogP contribution in [0.15, 0.2) is 0 Å². The summed E-state index contributed by atoms with van der Waals surface area (Å²) < 4.78 is 9.27. The summed E-state index contributed by atoms with van der Waals surface area (Å²) in [6.07, 6.45) is 20.3. The molecule has 0 saturated carbocycles. The summed E-state index contributed by atoms with van der Waals surface area (Å²) in [5.74, 6) is -0.676. The molecular formula is C21H37Cl4NO2S. The normalized spacial score (nSPS) is 20.6. The van der Waals surface area contributed by atoms with Gasteiger partial charge < -0.3 is 4.55 Å². The van der Waals surface area contributed by atoms with E-state index in [0.29, 0.717) is 6.54 Å². The standard InChI is InChI=1S/C21H37Cl4NO2S/c1-2-3-4-5-6-7-8-9-10-11-12-13-14-15-16-17-18-26-19(27)20(22,23)21(24,25)29(26)28/h2-18H2,1H3. The highest BCUT2D eigenvalue weighted by Gasteiger charge is 2.73. The lowest BCUT2D eigenvalue weighted by atomic mass is 10.0. The Labute approximate surface area is 200 Å². The topological polar surface area (TPSA) is 43.4 Å². The van der Waals surface area contributed by atoms with Gasteiger partial charge in [0.15, 0.2) is 0 Å². The molecule has 29 heavy (non-hydrogen) atoms. The van der Waals surface area contributed by atoms with Crippen LogP contribution in [0.3, 0.4) is 0 Å². The monoisotopic (exact) mass is 507 g/mol. The van der Waals surface area contributed by atoms with Crippen molar-refractivity contribution in [2.75, 3.05) is 6.54 Å². The van der Waals surface area contributed by atoms with Gasteiger partial charge in [-0.15, -0.1) is 0 Å². The van der Waals surface area contributed by atoms with E-state index in [2.05, 4.69) is 6.92 Å². The second kappa shape index (κ2) is 14.9. The summed E-state index contributed by atoms with van der Waals surface area (Å²) in [5, 5.41) is 0. The Morgan fingerprint density at radius 2 is 1.07 bits per heavy atom. The minimum absolute atomic E-state index is 0.312. The smallest absolute Gasteiger partial charge is 0.340 e. The average molecular weight is 509 g/mol. The van der Waals surface area contributed by atoms with Gasteiger partial charge in [0.1, 0.15) is 11.4 Å². The zero-order chi connectivity index (χ0) is 21.8. The Morgan fingerprint density at radius 3 is 1.38 bits per heavy atom. The summed E-state index contributed by atoms with van der Waals surface area (Å²) in [5.41, 5.74) is 0. The number of halogens is 4. The van der Waals surface area contributed by atoms with Crippen molar-refractivity contribution in [2.24, 2.45) is 0 Å². The summed E-state index contributed by atoms with van der Waals surface area (Å²) in [6.45, 7) is 2.57. The third kappa shape index (κ3) is 9.14. The van der Waals surface area contributed by atoms with Crippen LogP contribution in [0, 0.1) is 0 Å².